The van der Waals surface area contributed by atoms with E-state index < -0.39 is 0 Å². The predicted octanol–water partition coefficient (Wildman–Crippen LogP) is 4.47. The monoisotopic (exact) mass is 417 g/mol. The van der Waals surface area contributed by atoms with Crippen molar-refractivity contribution in [3.05, 3.63) is 56.6 Å². The zero-order valence-corrected chi connectivity index (χ0v) is 14.6. The van der Waals surface area contributed by atoms with Crippen LogP contribution in [0.15, 0.2) is 42.5 Å². The lowest BCUT2D eigenvalue weighted by Gasteiger charge is -2.11. The summed E-state index contributed by atoms with van der Waals surface area (Å²) < 4.78 is 11.9. The highest BCUT2D eigenvalue weighted by Crippen LogP contribution is 2.32. The lowest BCUT2D eigenvalue weighted by atomic mass is 10.2. The topological polar surface area (TPSA) is 30.5 Å². The summed E-state index contributed by atoms with van der Waals surface area (Å²) in [5.74, 6) is 1.48. The van der Waals surface area contributed by atoms with Crippen molar-refractivity contribution in [3.8, 4) is 11.5 Å². The average Bonchev–Trinajstić information content (AvgIpc) is 2.48. The van der Waals surface area contributed by atoms with Gasteiger partial charge in [0.25, 0.3) is 0 Å². The fourth-order valence-electron chi connectivity index (χ4n) is 1.79. The molecule has 2 aromatic rings. The first-order valence-corrected chi connectivity index (χ1v) is 8.07. The third-order valence-corrected chi connectivity index (χ3v) is 4.05. The molecule has 3 nitrogen and oxygen atoms in total. The number of methoxy groups -OCH3 is 1. The summed E-state index contributed by atoms with van der Waals surface area (Å²) in [6.07, 6.45) is 0. The molecular weight excluding hydrogens is 401 g/mol. The van der Waals surface area contributed by atoms with Crippen molar-refractivity contribution in [2.24, 2.45) is 0 Å². The zero-order valence-electron chi connectivity index (χ0n) is 11.7. The van der Waals surface area contributed by atoms with Crippen molar-refractivity contribution < 1.29 is 9.47 Å². The van der Waals surface area contributed by atoms with Crippen LogP contribution in [0.1, 0.15) is 5.56 Å². The largest absolute Gasteiger partial charge is 0.455 e. The SMILES string of the molecule is COCCNCc1ccc(Oc2ccccc2I)c(Cl)c1. The van der Waals surface area contributed by atoms with Gasteiger partial charge in [-0.2, -0.15) is 0 Å². The van der Waals surface area contributed by atoms with E-state index in [0.717, 1.165) is 28.0 Å². The van der Waals surface area contributed by atoms with E-state index in [-0.39, 0.29) is 0 Å². The number of halogens is 2. The van der Waals surface area contributed by atoms with Gasteiger partial charge in [0.05, 0.1) is 15.2 Å². The van der Waals surface area contributed by atoms with E-state index in [1.807, 2.05) is 42.5 Å². The summed E-state index contributed by atoms with van der Waals surface area (Å²) >= 11 is 8.53. The van der Waals surface area contributed by atoms with Crippen LogP contribution in [-0.4, -0.2) is 20.3 Å². The molecule has 0 atom stereocenters. The Balaban J connectivity index is 2.01. The molecule has 0 saturated heterocycles. The Bertz CT molecular complexity index is 592. The van der Waals surface area contributed by atoms with E-state index in [2.05, 4.69) is 27.9 Å². The number of ether oxygens (including phenoxy) is 2. The molecule has 0 bridgehead atoms. The van der Waals surface area contributed by atoms with Gasteiger partial charge in [-0.15, -0.1) is 0 Å². The molecule has 0 radical (unpaired) electrons. The van der Waals surface area contributed by atoms with Gasteiger partial charge in [-0.1, -0.05) is 29.8 Å². The van der Waals surface area contributed by atoms with Gasteiger partial charge in [-0.05, 0) is 52.4 Å². The lowest BCUT2D eigenvalue weighted by Crippen LogP contribution is -2.18. The van der Waals surface area contributed by atoms with Gasteiger partial charge >= 0.3 is 0 Å². The Morgan fingerprint density at radius 1 is 1.14 bits per heavy atom. The van der Waals surface area contributed by atoms with Gasteiger partial charge in [0, 0.05) is 20.2 Å². The molecule has 0 aliphatic carbocycles. The fourth-order valence-corrected chi connectivity index (χ4v) is 2.53. The van der Waals surface area contributed by atoms with Crippen LogP contribution in [0.4, 0.5) is 0 Å². The van der Waals surface area contributed by atoms with Crippen LogP contribution < -0.4 is 10.1 Å². The first kappa shape index (κ1) is 16.5. The van der Waals surface area contributed by atoms with Gasteiger partial charge in [0.2, 0.25) is 0 Å². The maximum atomic E-state index is 6.29. The second-order valence-electron chi connectivity index (χ2n) is 4.47. The summed E-state index contributed by atoms with van der Waals surface area (Å²) in [5.41, 5.74) is 1.12. The lowest BCUT2D eigenvalue weighted by molar-refractivity contribution is 0.199. The molecule has 0 saturated carbocycles. The maximum Gasteiger partial charge on any atom is 0.146 e. The van der Waals surface area contributed by atoms with Gasteiger partial charge in [-0.25, -0.2) is 0 Å². The van der Waals surface area contributed by atoms with Crippen LogP contribution in [0.25, 0.3) is 0 Å². The summed E-state index contributed by atoms with van der Waals surface area (Å²) in [6.45, 7) is 2.27. The minimum atomic E-state index is 0.612. The molecular formula is C16H17ClINO2. The van der Waals surface area contributed by atoms with Crippen LogP contribution in [0.2, 0.25) is 5.02 Å². The number of benzene rings is 2. The fraction of sp³-hybridized carbons (Fsp3) is 0.250. The molecule has 21 heavy (non-hydrogen) atoms. The van der Waals surface area contributed by atoms with Gasteiger partial charge in [0.15, 0.2) is 0 Å². The first-order valence-electron chi connectivity index (χ1n) is 6.61. The molecule has 0 heterocycles. The standard InChI is InChI=1S/C16H17ClINO2/c1-20-9-8-19-11-12-6-7-15(13(17)10-12)21-16-5-3-2-4-14(16)18/h2-7,10,19H,8-9,11H2,1H3. The van der Waals surface area contributed by atoms with Crippen molar-refractivity contribution in [3.63, 3.8) is 0 Å². The zero-order chi connectivity index (χ0) is 15.1. The second kappa shape index (κ2) is 8.58. The molecule has 0 amide bonds. The van der Waals surface area contributed by atoms with Crippen LogP contribution in [0.3, 0.4) is 0 Å². The Kier molecular flexibility index (Phi) is 6.76. The minimum absolute atomic E-state index is 0.612. The van der Waals surface area contributed by atoms with Crippen LogP contribution in [-0.2, 0) is 11.3 Å². The van der Waals surface area contributed by atoms with E-state index in [1.54, 1.807) is 7.11 Å². The Morgan fingerprint density at radius 3 is 2.67 bits per heavy atom. The van der Waals surface area contributed by atoms with Gasteiger partial charge < -0.3 is 14.8 Å². The molecule has 2 rings (SSSR count). The molecule has 1 N–H and O–H groups in total. The normalized spacial score (nSPS) is 10.6. The number of hydrogen-bond donors (Lipinski definition) is 1. The van der Waals surface area contributed by atoms with E-state index >= 15 is 0 Å². The highest BCUT2D eigenvalue weighted by molar-refractivity contribution is 14.1. The van der Waals surface area contributed by atoms with Crippen LogP contribution in [0, 0.1) is 3.57 Å². The number of hydrogen-bond acceptors (Lipinski definition) is 3. The van der Waals surface area contributed by atoms with E-state index in [9.17, 15) is 0 Å². The van der Waals surface area contributed by atoms with Crippen molar-refractivity contribution in [2.75, 3.05) is 20.3 Å². The molecule has 0 aliphatic heterocycles. The minimum Gasteiger partial charge on any atom is -0.455 e. The highest BCUT2D eigenvalue weighted by atomic mass is 127. The third-order valence-electron chi connectivity index (χ3n) is 2.86. The van der Waals surface area contributed by atoms with Crippen LogP contribution in [0.5, 0.6) is 11.5 Å². The Hall–Kier alpha value is -0.820. The van der Waals surface area contributed by atoms with Crippen molar-refractivity contribution in [1.82, 2.24) is 5.32 Å². The van der Waals surface area contributed by atoms with Gasteiger partial charge in [-0.3, -0.25) is 0 Å². The van der Waals surface area contributed by atoms with Crippen molar-refractivity contribution in [1.29, 1.82) is 0 Å². The maximum absolute atomic E-state index is 6.29. The molecule has 2 aromatic carbocycles. The molecule has 0 spiro atoms. The van der Waals surface area contributed by atoms with E-state index in [1.165, 1.54) is 0 Å². The molecule has 0 fully saturated rings. The Labute approximate surface area is 143 Å². The number of rotatable bonds is 7. The van der Waals surface area contributed by atoms with Crippen LogP contribution >= 0.6 is 34.2 Å². The summed E-state index contributed by atoms with van der Waals surface area (Å²) in [5, 5.41) is 3.89. The van der Waals surface area contributed by atoms with Crippen molar-refractivity contribution in [2.45, 2.75) is 6.54 Å². The van der Waals surface area contributed by atoms with E-state index in [0.29, 0.717) is 17.4 Å². The molecule has 0 aliphatic rings. The molecule has 112 valence electrons. The van der Waals surface area contributed by atoms with E-state index in [4.69, 9.17) is 21.1 Å². The van der Waals surface area contributed by atoms with Gasteiger partial charge in [0.1, 0.15) is 11.5 Å². The third kappa shape index (κ3) is 5.14. The molecule has 5 heteroatoms. The molecule has 0 unspecified atom stereocenters. The number of para-hydroxylation sites is 1. The average molecular weight is 418 g/mol. The Morgan fingerprint density at radius 2 is 1.95 bits per heavy atom. The molecule has 0 aromatic heterocycles. The first-order chi connectivity index (χ1) is 10.2. The number of nitrogens with one attached hydrogen (secondary N) is 1. The second-order valence-corrected chi connectivity index (χ2v) is 6.04. The predicted molar refractivity (Wildman–Crippen MR) is 94.3 cm³/mol. The smallest absolute Gasteiger partial charge is 0.146 e. The highest BCUT2D eigenvalue weighted by Gasteiger charge is 2.06. The van der Waals surface area contributed by atoms with Crippen molar-refractivity contribution >= 4 is 34.2 Å². The quantitative estimate of drug-likeness (QED) is 0.532. The summed E-state index contributed by atoms with van der Waals surface area (Å²) in [6, 6.07) is 13.7. The summed E-state index contributed by atoms with van der Waals surface area (Å²) in [4.78, 5) is 0. The summed E-state index contributed by atoms with van der Waals surface area (Å²) in [7, 11) is 1.69.